The molecule has 1 nitrogen and oxygen atoms in total. The van der Waals surface area contributed by atoms with E-state index in [9.17, 15) is 0 Å². The summed E-state index contributed by atoms with van der Waals surface area (Å²) >= 11 is 0. The lowest BCUT2D eigenvalue weighted by molar-refractivity contribution is 0.411. The number of hydrogen-bond donors (Lipinski definition) is 0. The Labute approximate surface area is 111 Å². The fraction of sp³-hybridized carbons (Fsp3) is 0.250. The molecule has 0 aliphatic carbocycles. The third kappa shape index (κ3) is 3.40. The Balaban J connectivity index is 3.21. The second kappa shape index (κ2) is 7.60. The molecule has 0 aliphatic rings. The lowest BCUT2D eigenvalue weighted by Crippen LogP contribution is -2.32. The van der Waals surface area contributed by atoms with Gasteiger partial charge in [-0.1, -0.05) is 48.5 Å². The highest BCUT2D eigenvalue weighted by atomic mass is 16.5. The van der Waals surface area contributed by atoms with Crippen LogP contribution in [0.4, 0.5) is 0 Å². The Morgan fingerprint density at radius 2 is 1.78 bits per heavy atom. The van der Waals surface area contributed by atoms with Gasteiger partial charge >= 0.3 is 0 Å². The second-order valence-electron chi connectivity index (χ2n) is 4.27. The van der Waals surface area contributed by atoms with Crippen molar-refractivity contribution in [1.82, 2.24) is 0 Å². The zero-order chi connectivity index (χ0) is 13.4. The molecular formula is C16H21BO. The maximum absolute atomic E-state index is 5.45. The number of rotatable bonds is 8. The first-order valence-electron chi connectivity index (χ1n) is 6.26. The Kier molecular flexibility index (Phi) is 6.06. The third-order valence-electron chi connectivity index (χ3n) is 3.08. The van der Waals surface area contributed by atoms with Crippen LogP contribution < -0.4 is 10.2 Å². The molecule has 0 spiro atoms. The molecule has 18 heavy (non-hydrogen) atoms. The SMILES string of the molecule is C=CCB(CC=C)c1cccc(OC)c1CC=C. The summed E-state index contributed by atoms with van der Waals surface area (Å²) in [6.07, 6.45) is 8.56. The van der Waals surface area contributed by atoms with E-state index in [-0.39, 0.29) is 0 Å². The topological polar surface area (TPSA) is 9.23 Å². The number of hydrogen-bond acceptors (Lipinski definition) is 1. The van der Waals surface area contributed by atoms with E-state index in [2.05, 4.69) is 25.8 Å². The van der Waals surface area contributed by atoms with Crippen molar-refractivity contribution in [2.24, 2.45) is 0 Å². The average molecular weight is 240 g/mol. The Bertz CT molecular complexity index is 413. The molecule has 0 aliphatic heterocycles. The van der Waals surface area contributed by atoms with Crippen LogP contribution in [-0.4, -0.2) is 13.8 Å². The molecule has 0 N–H and O–H groups in total. The molecule has 0 radical (unpaired) electrons. The standard InChI is InChI=1S/C16H21BO/c1-5-9-14-15(10-8-11-16(14)18-4)17(12-6-2)13-7-3/h5-8,10-11H,1-3,9,12-13H2,4H3. The predicted octanol–water partition coefficient (Wildman–Crippen LogP) is 3.50. The van der Waals surface area contributed by atoms with Gasteiger partial charge in [0.15, 0.2) is 6.71 Å². The largest absolute Gasteiger partial charge is 0.496 e. The van der Waals surface area contributed by atoms with Crippen molar-refractivity contribution in [2.45, 2.75) is 19.1 Å². The fourth-order valence-electron chi connectivity index (χ4n) is 2.27. The van der Waals surface area contributed by atoms with Crippen molar-refractivity contribution in [3.05, 3.63) is 61.7 Å². The van der Waals surface area contributed by atoms with Crippen molar-refractivity contribution in [2.75, 3.05) is 7.11 Å². The predicted molar refractivity (Wildman–Crippen MR) is 82.3 cm³/mol. The summed E-state index contributed by atoms with van der Waals surface area (Å²) in [5, 5.41) is 0. The monoisotopic (exact) mass is 240 g/mol. The summed E-state index contributed by atoms with van der Waals surface area (Å²) in [5.74, 6) is 0.936. The summed E-state index contributed by atoms with van der Waals surface area (Å²) in [5.41, 5.74) is 2.54. The van der Waals surface area contributed by atoms with E-state index in [4.69, 9.17) is 4.74 Å². The summed E-state index contributed by atoms with van der Waals surface area (Å²) in [6, 6.07) is 6.21. The molecule has 0 heterocycles. The van der Waals surface area contributed by atoms with Crippen molar-refractivity contribution in [3.8, 4) is 5.75 Å². The van der Waals surface area contributed by atoms with Gasteiger partial charge in [-0.3, -0.25) is 0 Å². The third-order valence-corrected chi connectivity index (χ3v) is 3.08. The molecule has 0 saturated heterocycles. The molecule has 0 bridgehead atoms. The van der Waals surface area contributed by atoms with Gasteiger partial charge in [0.1, 0.15) is 5.75 Å². The maximum Gasteiger partial charge on any atom is 0.184 e. The molecule has 0 saturated carbocycles. The Morgan fingerprint density at radius 1 is 1.11 bits per heavy atom. The van der Waals surface area contributed by atoms with Gasteiger partial charge in [0.25, 0.3) is 0 Å². The summed E-state index contributed by atoms with van der Waals surface area (Å²) in [4.78, 5) is 0. The first-order valence-corrected chi connectivity index (χ1v) is 6.26. The smallest absolute Gasteiger partial charge is 0.184 e. The van der Waals surface area contributed by atoms with Crippen LogP contribution in [0.25, 0.3) is 0 Å². The van der Waals surface area contributed by atoms with Crippen molar-refractivity contribution >= 4 is 12.2 Å². The van der Waals surface area contributed by atoms with Gasteiger partial charge in [-0.15, -0.1) is 19.7 Å². The summed E-state index contributed by atoms with van der Waals surface area (Å²) in [7, 11) is 1.71. The molecule has 0 atom stereocenters. The second-order valence-corrected chi connectivity index (χ2v) is 4.27. The first-order chi connectivity index (χ1) is 8.78. The molecular weight excluding hydrogens is 219 g/mol. The van der Waals surface area contributed by atoms with E-state index in [1.807, 2.05) is 30.4 Å². The van der Waals surface area contributed by atoms with Crippen molar-refractivity contribution < 1.29 is 4.74 Å². The van der Waals surface area contributed by atoms with Crippen LogP contribution in [0.15, 0.2) is 56.2 Å². The lowest BCUT2D eigenvalue weighted by atomic mass is 9.40. The van der Waals surface area contributed by atoms with Crippen LogP contribution in [0.5, 0.6) is 5.75 Å². The number of benzene rings is 1. The number of allylic oxidation sites excluding steroid dienone is 3. The number of ether oxygens (including phenoxy) is 1. The maximum atomic E-state index is 5.45. The Morgan fingerprint density at radius 3 is 2.28 bits per heavy atom. The molecule has 0 aromatic heterocycles. The van der Waals surface area contributed by atoms with Crippen LogP contribution in [0.2, 0.25) is 12.6 Å². The average Bonchev–Trinajstić information content (AvgIpc) is 2.39. The molecule has 1 aromatic rings. The molecule has 0 unspecified atom stereocenters. The first kappa shape index (κ1) is 14.4. The van der Waals surface area contributed by atoms with Crippen LogP contribution in [0.3, 0.4) is 0 Å². The molecule has 0 fully saturated rings. The molecule has 1 rings (SSSR count). The highest BCUT2D eigenvalue weighted by molar-refractivity contribution is 6.74. The molecule has 2 heteroatoms. The minimum Gasteiger partial charge on any atom is -0.496 e. The minimum absolute atomic E-state index is 0.421. The van der Waals surface area contributed by atoms with Crippen LogP contribution in [0.1, 0.15) is 5.56 Å². The molecule has 94 valence electrons. The van der Waals surface area contributed by atoms with E-state index in [0.717, 1.165) is 24.8 Å². The van der Waals surface area contributed by atoms with E-state index in [1.165, 1.54) is 11.0 Å². The van der Waals surface area contributed by atoms with Gasteiger partial charge in [-0.2, -0.15) is 0 Å². The van der Waals surface area contributed by atoms with E-state index < -0.39 is 0 Å². The van der Waals surface area contributed by atoms with Gasteiger partial charge in [-0.25, -0.2) is 0 Å². The summed E-state index contributed by atoms with van der Waals surface area (Å²) < 4.78 is 5.45. The molecule has 0 amide bonds. The normalized spacial score (nSPS) is 9.61. The van der Waals surface area contributed by atoms with E-state index >= 15 is 0 Å². The minimum atomic E-state index is 0.421. The van der Waals surface area contributed by atoms with E-state index in [0.29, 0.717) is 6.71 Å². The molecule has 1 aromatic carbocycles. The van der Waals surface area contributed by atoms with Crippen LogP contribution in [0, 0.1) is 0 Å². The van der Waals surface area contributed by atoms with Crippen molar-refractivity contribution in [1.29, 1.82) is 0 Å². The van der Waals surface area contributed by atoms with Gasteiger partial charge in [0.2, 0.25) is 0 Å². The quantitative estimate of drug-likeness (QED) is 0.499. The Hall–Kier alpha value is -1.70. The zero-order valence-electron chi connectivity index (χ0n) is 11.2. The number of methoxy groups -OCH3 is 1. The van der Waals surface area contributed by atoms with Gasteiger partial charge < -0.3 is 4.74 Å². The van der Waals surface area contributed by atoms with E-state index in [1.54, 1.807) is 7.11 Å². The van der Waals surface area contributed by atoms with Crippen molar-refractivity contribution in [3.63, 3.8) is 0 Å². The fourth-order valence-corrected chi connectivity index (χ4v) is 2.27. The highest BCUT2D eigenvalue weighted by Gasteiger charge is 2.18. The summed E-state index contributed by atoms with van der Waals surface area (Å²) in [6.45, 7) is 11.9. The van der Waals surface area contributed by atoms with Gasteiger partial charge in [0, 0.05) is 0 Å². The van der Waals surface area contributed by atoms with Gasteiger partial charge in [-0.05, 0) is 18.1 Å². The van der Waals surface area contributed by atoms with Gasteiger partial charge in [0.05, 0.1) is 7.11 Å². The van der Waals surface area contributed by atoms with Crippen LogP contribution in [-0.2, 0) is 6.42 Å². The van der Waals surface area contributed by atoms with Crippen LogP contribution >= 0.6 is 0 Å². The zero-order valence-corrected chi connectivity index (χ0v) is 11.2. The highest BCUT2D eigenvalue weighted by Crippen LogP contribution is 2.19. The lowest BCUT2D eigenvalue weighted by Gasteiger charge is -2.17.